The number of aromatic nitrogens is 2. The normalized spacial score (nSPS) is 11.2. The number of alkyl halides is 3. The number of amidine groups is 1. The number of hydrogen-bond donors (Lipinski definition) is 3. The average Bonchev–Trinajstić information content (AvgIpc) is 3.14. The molecule has 0 saturated carbocycles. The molecule has 2 aromatic carbocycles. The highest BCUT2D eigenvalue weighted by atomic mass is 19.4. The zero-order valence-electron chi connectivity index (χ0n) is 15.1. The maximum Gasteiger partial charge on any atom is 0.435 e. The Morgan fingerprint density at radius 2 is 1.76 bits per heavy atom. The number of hydrogen-bond acceptors (Lipinski definition) is 4. The van der Waals surface area contributed by atoms with E-state index < -0.39 is 23.3 Å². The number of nitrogens with two attached hydrogens (primary N) is 1. The smallest absolute Gasteiger partial charge is 0.435 e. The van der Waals surface area contributed by atoms with Crippen LogP contribution in [0, 0.1) is 5.41 Å². The number of ether oxygens (including phenoxy) is 1. The summed E-state index contributed by atoms with van der Waals surface area (Å²) in [5.74, 6) is -0.598. The van der Waals surface area contributed by atoms with Gasteiger partial charge in [0.25, 0.3) is 5.91 Å². The Morgan fingerprint density at radius 3 is 2.28 bits per heavy atom. The minimum Gasteiger partial charge on any atom is -0.497 e. The van der Waals surface area contributed by atoms with Gasteiger partial charge in [0.05, 0.1) is 18.4 Å². The van der Waals surface area contributed by atoms with Crippen molar-refractivity contribution >= 4 is 17.4 Å². The predicted octanol–water partition coefficient (Wildman–Crippen LogP) is 3.44. The Kier molecular flexibility index (Phi) is 5.26. The molecule has 3 rings (SSSR count). The fourth-order valence-corrected chi connectivity index (χ4v) is 2.55. The number of halogens is 3. The molecule has 0 bridgehead atoms. The molecule has 0 spiro atoms. The molecule has 0 aliphatic rings. The Hall–Kier alpha value is -3.82. The van der Waals surface area contributed by atoms with Gasteiger partial charge < -0.3 is 15.8 Å². The molecule has 29 heavy (non-hydrogen) atoms. The summed E-state index contributed by atoms with van der Waals surface area (Å²) >= 11 is 0. The van der Waals surface area contributed by atoms with Crippen molar-refractivity contribution in [2.75, 3.05) is 12.4 Å². The summed E-state index contributed by atoms with van der Waals surface area (Å²) in [5.41, 5.74) is 4.44. The van der Waals surface area contributed by atoms with Crippen LogP contribution in [0.4, 0.5) is 18.9 Å². The third-order valence-electron chi connectivity index (χ3n) is 4.02. The second-order valence-corrected chi connectivity index (χ2v) is 5.98. The SMILES string of the molecule is COc1ccc(-n2cc(C(=O)Nc3ccc(C(=N)N)cc3)c(C(F)(F)F)n2)cc1. The van der Waals surface area contributed by atoms with Crippen molar-refractivity contribution in [3.05, 3.63) is 71.5 Å². The van der Waals surface area contributed by atoms with Gasteiger partial charge in [-0.05, 0) is 48.5 Å². The van der Waals surface area contributed by atoms with Crippen LogP contribution in [0.25, 0.3) is 5.69 Å². The summed E-state index contributed by atoms with van der Waals surface area (Å²) in [6, 6.07) is 12.0. The van der Waals surface area contributed by atoms with Gasteiger partial charge in [-0.15, -0.1) is 0 Å². The summed E-state index contributed by atoms with van der Waals surface area (Å²) < 4.78 is 46.3. The van der Waals surface area contributed by atoms with E-state index in [1.165, 1.54) is 43.5 Å². The number of nitrogens with one attached hydrogen (secondary N) is 2. The van der Waals surface area contributed by atoms with E-state index in [2.05, 4.69) is 10.4 Å². The Bertz CT molecular complexity index is 1040. The van der Waals surface area contributed by atoms with E-state index in [1.54, 1.807) is 12.1 Å². The number of carbonyl (C=O) groups is 1. The number of nitrogen functional groups attached to an aromatic ring is 1. The molecule has 3 aromatic rings. The van der Waals surface area contributed by atoms with Gasteiger partial charge in [-0.3, -0.25) is 10.2 Å². The summed E-state index contributed by atoms with van der Waals surface area (Å²) in [5, 5.41) is 13.3. The lowest BCUT2D eigenvalue weighted by molar-refractivity contribution is -0.141. The number of amides is 1. The van der Waals surface area contributed by atoms with Crippen molar-refractivity contribution in [1.29, 1.82) is 5.41 Å². The van der Waals surface area contributed by atoms with Crippen LogP contribution in [0.15, 0.2) is 54.7 Å². The zero-order valence-corrected chi connectivity index (χ0v) is 15.1. The minimum atomic E-state index is -4.82. The molecule has 0 radical (unpaired) electrons. The van der Waals surface area contributed by atoms with Crippen LogP contribution in [-0.4, -0.2) is 28.6 Å². The first-order valence-electron chi connectivity index (χ1n) is 8.26. The minimum absolute atomic E-state index is 0.164. The van der Waals surface area contributed by atoms with Gasteiger partial charge >= 0.3 is 6.18 Å². The van der Waals surface area contributed by atoms with Gasteiger partial charge in [0.2, 0.25) is 0 Å². The molecular formula is C19H16F3N5O2. The highest BCUT2D eigenvalue weighted by Gasteiger charge is 2.39. The molecule has 0 saturated heterocycles. The summed E-state index contributed by atoms with van der Waals surface area (Å²) in [6.07, 6.45) is -3.80. The van der Waals surface area contributed by atoms with Gasteiger partial charge in [0, 0.05) is 17.4 Å². The maximum absolute atomic E-state index is 13.4. The standard InChI is InChI=1S/C19H16F3N5O2/c1-29-14-8-6-13(7-9-14)27-10-15(16(26-27)19(20,21)22)18(28)25-12-4-2-11(3-5-12)17(23)24/h2-10H,1H3,(H3,23,24)(H,25,28). The molecule has 150 valence electrons. The third kappa shape index (κ3) is 4.37. The average molecular weight is 403 g/mol. The highest BCUT2D eigenvalue weighted by Crippen LogP contribution is 2.32. The number of rotatable bonds is 5. The van der Waals surface area contributed by atoms with Crippen LogP contribution in [0.2, 0.25) is 0 Å². The van der Waals surface area contributed by atoms with Crippen molar-refractivity contribution in [2.45, 2.75) is 6.18 Å². The van der Waals surface area contributed by atoms with E-state index in [-0.39, 0.29) is 11.5 Å². The number of anilines is 1. The van der Waals surface area contributed by atoms with E-state index in [1.807, 2.05) is 0 Å². The quantitative estimate of drug-likeness (QED) is 0.448. The predicted molar refractivity (Wildman–Crippen MR) is 101 cm³/mol. The molecule has 1 heterocycles. The first-order chi connectivity index (χ1) is 13.7. The Balaban J connectivity index is 1.92. The Labute approximate surface area is 163 Å². The van der Waals surface area contributed by atoms with Crippen LogP contribution in [0.1, 0.15) is 21.6 Å². The van der Waals surface area contributed by atoms with Crippen LogP contribution in [0.3, 0.4) is 0 Å². The highest BCUT2D eigenvalue weighted by molar-refractivity contribution is 6.05. The van der Waals surface area contributed by atoms with Crippen molar-refractivity contribution in [3.63, 3.8) is 0 Å². The zero-order chi connectivity index (χ0) is 21.2. The molecule has 7 nitrogen and oxygen atoms in total. The van der Waals surface area contributed by atoms with Gasteiger partial charge in [0.15, 0.2) is 5.69 Å². The lowest BCUT2D eigenvalue weighted by atomic mass is 10.1. The number of nitrogens with zero attached hydrogens (tertiary/aromatic N) is 2. The van der Waals surface area contributed by atoms with Crippen LogP contribution in [0.5, 0.6) is 5.75 Å². The number of carbonyl (C=O) groups excluding carboxylic acids is 1. The molecule has 0 atom stereocenters. The molecule has 0 aliphatic heterocycles. The van der Waals surface area contributed by atoms with Gasteiger partial charge in [-0.25, -0.2) is 4.68 Å². The molecule has 0 unspecified atom stereocenters. The number of benzene rings is 2. The second-order valence-electron chi connectivity index (χ2n) is 5.98. The largest absolute Gasteiger partial charge is 0.497 e. The van der Waals surface area contributed by atoms with E-state index in [4.69, 9.17) is 15.9 Å². The summed E-state index contributed by atoms with van der Waals surface area (Å²) in [7, 11) is 1.47. The van der Waals surface area contributed by atoms with E-state index in [9.17, 15) is 18.0 Å². The molecule has 1 aromatic heterocycles. The van der Waals surface area contributed by atoms with Gasteiger partial charge in [-0.1, -0.05) is 0 Å². The van der Waals surface area contributed by atoms with Crippen molar-refractivity contribution < 1.29 is 22.7 Å². The van der Waals surface area contributed by atoms with Crippen molar-refractivity contribution in [1.82, 2.24) is 9.78 Å². The number of methoxy groups -OCH3 is 1. The summed E-state index contributed by atoms with van der Waals surface area (Å²) in [4.78, 5) is 12.5. The van der Waals surface area contributed by atoms with Gasteiger partial charge in [0.1, 0.15) is 11.6 Å². The van der Waals surface area contributed by atoms with E-state index in [0.717, 1.165) is 10.9 Å². The fraction of sp³-hybridized carbons (Fsp3) is 0.105. The Morgan fingerprint density at radius 1 is 1.14 bits per heavy atom. The first-order valence-corrected chi connectivity index (χ1v) is 8.26. The van der Waals surface area contributed by atoms with E-state index >= 15 is 0 Å². The lowest BCUT2D eigenvalue weighted by Gasteiger charge is -2.08. The fourth-order valence-electron chi connectivity index (χ4n) is 2.55. The monoisotopic (exact) mass is 403 g/mol. The van der Waals surface area contributed by atoms with Crippen molar-refractivity contribution in [2.24, 2.45) is 5.73 Å². The lowest BCUT2D eigenvalue weighted by Crippen LogP contribution is -2.18. The van der Waals surface area contributed by atoms with Gasteiger partial charge in [-0.2, -0.15) is 18.3 Å². The molecule has 10 heteroatoms. The molecular weight excluding hydrogens is 387 g/mol. The van der Waals surface area contributed by atoms with E-state index in [0.29, 0.717) is 17.0 Å². The molecule has 0 fully saturated rings. The maximum atomic E-state index is 13.4. The molecule has 1 amide bonds. The second kappa shape index (κ2) is 7.66. The molecule has 4 N–H and O–H groups in total. The topological polar surface area (TPSA) is 106 Å². The van der Waals surface area contributed by atoms with Crippen LogP contribution >= 0.6 is 0 Å². The first kappa shape index (κ1) is 19.9. The summed E-state index contributed by atoms with van der Waals surface area (Å²) in [6.45, 7) is 0. The van der Waals surface area contributed by atoms with Crippen LogP contribution in [-0.2, 0) is 6.18 Å². The third-order valence-corrected chi connectivity index (χ3v) is 4.02. The van der Waals surface area contributed by atoms with Crippen molar-refractivity contribution in [3.8, 4) is 11.4 Å². The van der Waals surface area contributed by atoms with Crippen LogP contribution < -0.4 is 15.8 Å². The molecule has 0 aliphatic carbocycles.